The van der Waals surface area contributed by atoms with E-state index in [2.05, 4.69) is 27.7 Å². The summed E-state index contributed by atoms with van der Waals surface area (Å²) >= 11 is 0. The minimum absolute atomic E-state index is 0.800. The Balaban J connectivity index is 0.000000122. The van der Waals surface area contributed by atoms with Crippen LogP contribution in [0.4, 0.5) is 0 Å². The minimum atomic E-state index is 0.800. The van der Waals surface area contributed by atoms with Crippen LogP contribution >= 0.6 is 0 Å². The van der Waals surface area contributed by atoms with Crippen molar-refractivity contribution in [2.24, 2.45) is 46.3 Å². The third-order valence-electron chi connectivity index (χ3n) is 9.33. The molecule has 0 nitrogen and oxygen atoms in total. The van der Waals surface area contributed by atoms with Gasteiger partial charge in [-0.3, -0.25) is 0 Å². The first-order chi connectivity index (χ1) is 10.9. The summed E-state index contributed by atoms with van der Waals surface area (Å²) in [6.07, 6.45) is 17.2. The summed E-state index contributed by atoms with van der Waals surface area (Å²) < 4.78 is 0. The van der Waals surface area contributed by atoms with Gasteiger partial charge in [0, 0.05) is 0 Å². The van der Waals surface area contributed by atoms with Gasteiger partial charge in [-0.1, -0.05) is 27.7 Å². The molecule has 6 aliphatic carbocycles. The SMILES string of the molecule is CC(C)C12CC3CC(CC(C3)C1)C2.CC(C)C12CCC(CC1)C2. The number of fused-ring (bicyclic) bond motifs is 2. The average Bonchev–Trinajstić information content (AvgIpc) is 3.08. The van der Waals surface area contributed by atoms with E-state index in [9.17, 15) is 0 Å². The highest BCUT2D eigenvalue weighted by Gasteiger charge is 2.51. The Bertz CT molecular complexity index is 386. The number of rotatable bonds is 2. The van der Waals surface area contributed by atoms with Crippen LogP contribution < -0.4 is 0 Å². The van der Waals surface area contributed by atoms with Gasteiger partial charge in [0.15, 0.2) is 0 Å². The lowest BCUT2D eigenvalue weighted by Crippen LogP contribution is -2.48. The van der Waals surface area contributed by atoms with Gasteiger partial charge in [-0.25, -0.2) is 0 Å². The van der Waals surface area contributed by atoms with Gasteiger partial charge in [0.2, 0.25) is 0 Å². The van der Waals surface area contributed by atoms with Gasteiger partial charge in [-0.2, -0.15) is 0 Å². The van der Waals surface area contributed by atoms with E-state index in [4.69, 9.17) is 0 Å². The fraction of sp³-hybridized carbons (Fsp3) is 1.00. The van der Waals surface area contributed by atoms with Gasteiger partial charge < -0.3 is 0 Å². The molecule has 0 atom stereocenters. The van der Waals surface area contributed by atoms with Crippen LogP contribution in [0.25, 0.3) is 0 Å². The third kappa shape index (κ3) is 2.81. The largest absolute Gasteiger partial charge is 0.0622 e. The molecule has 0 heterocycles. The van der Waals surface area contributed by atoms with Gasteiger partial charge in [0.25, 0.3) is 0 Å². The van der Waals surface area contributed by atoms with E-state index in [1.54, 1.807) is 44.9 Å². The predicted octanol–water partition coefficient (Wildman–Crippen LogP) is 7.08. The second-order valence-electron chi connectivity index (χ2n) is 11.1. The van der Waals surface area contributed by atoms with Crippen LogP contribution in [0.5, 0.6) is 0 Å². The minimum Gasteiger partial charge on any atom is -0.0622 e. The zero-order valence-corrected chi connectivity index (χ0v) is 16.2. The average molecular weight is 317 g/mol. The maximum atomic E-state index is 2.47. The molecule has 6 fully saturated rings. The van der Waals surface area contributed by atoms with E-state index >= 15 is 0 Å². The molecular weight excluding hydrogens is 276 g/mol. The van der Waals surface area contributed by atoms with Crippen LogP contribution in [0.1, 0.15) is 98.3 Å². The Morgan fingerprint density at radius 2 is 0.957 bits per heavy atom. The van der Waals surface area contributed by atoms with E-state index in [0.29, 0.717) is 0 Å². The van der Waals surface area contributed by atoms with Crippen molar-refractivity contribution in [2.75, 3.05) is 0 Å². The molecule has 0 radical (unpaired) electrons. The summed E-state index contributed by atoms with van der Waals surface area (Å²) in [4.78, 5) is 0. The first-order valence-electron chi connectivity index (χ1n) is 10.9. The molecule has 0 aromatic rings. The van der Waals surface area contributed by atoms with Crippen LogP contribution in [0, 0.1) is 46.3 Å². The molecule has 6 bridgehead atoms. The molecule has 0 amide bonds. The van der Waals surface area contributed by atoms with Crippen molar-refractivity contribution in [1.82, 2.24) is 0 Å². The van der Waals surface area contributed by atoms with Crippen molar-refractivity contribution in [2.45, 2.75) is 98.3 Å². The van der Waals surface area contributed by atoms with Crippen LogP contribution in [0.2, 0.25) is 0 Å². The molecule has 6 saturated carbocycles. The summed E-state index contributed by atoms with van der Waals surface area (Å²) in [6, 6.07) is 0. The Morgan fingerprint density at radius 3 is 1.22 bits per heavy atom. The molecular formula is C23H40. The second-order valence-corrected chi connectivity index (χ2v) is 11.1. The Labute approximate surface area is 145 Å². The first-order valence-corrected chi connectivity index (χ1v) is 10.9. The molecule has 132 valence electrons. The smallest absolute Gasteiger partial charge is 0.0267 e. The molecule has 0 spiro atoms. The Morgan fingerprint density at radius 1 is 0.565 bits per heavy atom. The first kappa shape index (κ1) is 16.5. The van der Waals surface area contributed by atoms with E-state index in [1.807, 2.05) is 0 Å². The van der Waals surface area contributed by atoms with Crippen molar-refractivity contribution in [3.05, 3.63) is 0 Å². The van der Waals surface area contributed by atoms with Gasteiger partial charge >= 0.3 is 0 Å². The molecule has 6 rings (SSSR count). The Kier molecular flexibility index (Phi) is 4.13. The topological polar surface area (TPSA) is 0 Å². The van der Waals surface area contributed by atoms with Crippen LogP contribution in [0.15, 0.2) is 0 Å². The molecule has 0 N–H and O–H groups in total. The van der Waals surface area contributed by atoms with Crippen LogP contribution in [-0.2, 0) is 0 Å². The van der Waals surface area contributed by atoms with Gasteiger partial charge in [0.1, 0.15) is 0 Å². The highest BCUT2D eigenvalue weighted by Crippen LogP contribution is 2.62. The normalized spacial score (nSPS) is 49.8. The zero-order valence-electron chi connectivity index (χ0n) is 16.2. The summed E-state index contributed by atoms with van der Waals surface area (Å²) in [7, 11) is 0. The maximum absolute atomic E-state index is 2.47. The molecule has 6 aliphatic rings. The van der Waals surface area contributed by atoms with Crippen molar-refractivity contribution < 1.29 is 0 Å². The highest BCUT2D eigenvalue weighted by atomic mass is 14.6. The third-order valence-corrected chi connectivity index (χ3v) is 9.33. The quantitative estimate of drug-likeness (QED) is 0.510. The summed E-state index contributed by atoms with van der Waals surface area (Å²) in [6.45, 7) is 9.75. The number of hydrogen-bond acceptors (Lipinski definition) is 0. The maximum Gasteiger partial charge on any atom is -0.0267 e. The van der Waals surface area contributed by atoms with E-state index in [1.165, 1.54) is 25.7 Å². The fourth-order valence-corrected chi connectivity index (χ4v) is 7.93. The zero-order chi connectivity index (χ0) is 16.2. The lowest BCUT2D eigenvalue weighted by Gasteiger charge is -2.58. The Hall–Kier alpha value is 0. The van der Waals surface area contributed by atoms with E-state index in [0.717, 1.165) is 46.3 Å². The van der Waals surface area contributed by atoms with Crippen LogP contribution in [-0.4, -0.2) is 0 Å². The van der Waals surface area contributed by atoms with Gasteiger partial charge in [0.05, 0.1) is 0 Å². The van der Waals surface area contributed by atoms with Gasteiger partial charge in [-0.15, -0.1) is 0 Å². The predicted molar refractivity (Wildman–Crippen MR) is 99.3 cm³/mol. The van der Waals surface area contributed by atoms with Crippen LogP contribution in [0.3, 0.4) is 0 Å². The summed E-state index contributed by atoms with van der Waals surface area (Å²) in [5, 5.41) is 0. The van der Waals surface area contributed by atoms with Crippen molar-refractivity contribution in [3.8, 4) is 0 Å². The molecule has 23 heavy (non-hydrogen) atoms. The van der Waals surface area contributed by atoms with Crippen molar-refractivity contribution in [1.29, 1.82) is 0 Å². The van der Waals surface area contributed by atoms with Crippen molar-refractivity contribution in [3.63, 3.8) is 0 Å². The molecule has 0 unspecified atom stereocenters. The van der Waals surface area contributed by atoms with Gasteiger partial charge in [-0.05, 0) is 117 Å². The monoisotopic (exact) mass is 316 g/mol. The molecule has 0 aromatic carbocycles. The lowest BCUT2D eigenvalue weighted by molar-refractivity contribution is -0.0789. The van der Waals surface area contributed by atoms with E-state index < -0.39 is 0 Å². The molecule has 0 aromatic heterocycles. The van der Waals surface area contributed by atoms with E-state index in [-0.39, 0.29) is 0 Å². The molecule has 0 heteroatoms. The molecule has 0 aliphatic heterocycles. The molecule has 0 saturated heterocycles. The number of hydrogen-bond donors (Lipinski definition) is 0. The fourth-order valence-electron chi connectivity index (χ4n) is 7.93. The lowest BCUT2D eigenvalue weighted by atomic mass is 9.47. The summed E-state index contributed by atoms with van der Waals surface area (Å²) in [5.41, 5.74) is 1.61. The summed E-state index contributed by atoms with van der Waals surface area (Å²) in [5.74, 6) is 6.42. The highest BCUT2D eigenvalue weighted by molar-refractivity contribution is 5.02. The second kappa shape index (κ2) is 5.77. The standard InChI is InChI=1S/C13H22.C10H18/c1-9(2)13-6-10-3-11(7-13)5-12(4-10)8-13;1-8(2)10-5-3-9(7-10)4-6-10/h9-12H,3-8H2,1-2H3;8-9H,3-7H2,1-2H3. The van der Waals surface area contributed by atoms with Crippen molar-refractivity contribution >= 4 is 0 Å².